The average molecular weight is 427 g/mol. The van der Waals surface area contributed by atoms with Gasteiger partial charge in [-0.3, -0.25) is 19.1 Å². The van der Waals surface area contributed by atoms with E-state index < -0.39 is 48.4 Å². The highest BCUT2D eigenvalue weighted by molar-refractivity contribution is 5.69. The van der Waals surface area contributed by atoms with Crippen LogP contribution >= 0.6 is 0 Å². The summed E-state index contributed by atoms with van der Waals surface area (Å²) in [6, 6.07) is 1.12. The van der Waals surface area contributed by atoms with Crippen LogP contribution in [0.4, 0.5) is 0 Å². The molecule has 1 saturated heterocycles. The molecule has 1 fully saturated rings. The molecule has 1 aromatic rings. The molecule has 3 N–H and O–H groups in total. The van der Waals surface area contributed by atoms with Crippen molar-refractivity contribution >= 4 is 5.97 Å². The van der Waals surface area contributed by atoms with Gasteiger partial charge in [0.15, 0.2) is 12.3 Å². The predicted octanol–water partition coefficient (Wildman–Crippen LogP) is 1.62. The van der Waals surface area contributed by atoms with E-state index in [0.717, 1.165) is 29.9 Å². The van der Waals surface area contributed by atoms with Crippen molar-refractivity contribution in [3.05, 3.63) is 33.1 Å². The van der Waals surface area contributed by atoms with E-state index in [2.05, 4.69) is 11.9 Å². The van der Waals surface area contributed by atoms with Gasteiger partial charge in [0.2, 0.25) is 0 Å². The largest absolute Gasteiger partial charge is 0.457 e. The van der Waals surface area contributed by atoms with Crippen LogP contribution in [0.1, 0.15) is 77.4 Å². The fourth-order valence-electron chi connectivity index (χ4n) is 3.66. The highest BCUT2D eigenvalue weighted by Gasteiger charge is 2.47. The normalized spacial score (nSPS) is 23.6. The molecule has 2 rings (SSSR count). The van der Waals surface area contributed by atoms with E-state index in [1.165, 1.54) is 38.3 Å². The minimum atomic E-state index is -1.35. The van der Waals surface area contributed by atoms with Crippen LogP contribution in [0.5, 0.6) is 0 Å². The van der Waals surface area contributed by atoms with Crippen molar-refractivity contribution < 1.29 is 24.5 Å². The molecule has 0 saturated carbocycles. The molecule has 0 spiro atoms. The highest BCUT2D eigenvalue weighted by atomic mass is 16.6. The molecule has 0 unspecified atom stereocenters. The number of nitrogens with one attached hydrogen (secondary N) is 1. The summed E-state index contributed by atoms with van der Waals surface area (Å²) in [5.41, 5.74) is -1.34. The molecule has 9 heteroatoms. The Balaban J connectivity index is 1.77. The number of unbranched alkanes of at least 4 members (excludes halogenated alkanes) is 8. The number of hydrogen-bond acceptors (Lipinski definition) is 7. The van der Waals surface area contributed by atoms with Gasteiger partial charge in [-0.25, -0.2) is 4.79 Å². The van der Waals surface area contributed by atoms with Crippen molar-refractivity contribution in [2.24, 2.45) is 0 Å². The summed E-state index contributed by atoms with van der Waals surface area (Å²) in [6.07, 6.45) is 7.00. The predicted molar refractivity (Wildman–Crippen MR) is 110 cm³/mol. The highest BCUT2D eigenvalue weighted by Crippen LogP contribution is 2.30. The number of hydrogen-bond donors (Lipinski definition) is 3. The van der Waals surface area contributed by atoms with Crippen molar-refractivity contribution in [3.8, 4) is 0 Å². The van der Waals surface area contributed by atoms with Crippen molar-refractivity contribution in [1.29, 1.82) is 0 Å². The number of carbonyl (C=O) groups excluding carboxylic acids is 1. The Morgan fingerprint density at radius 1 is 1.13 bits per heavy atom. The Morgan fingerprint density at radius 2 is 1.77 bits per heavy atom. The maximum Gasteiger partial charge on any atom is 0.330 e. The van der Waals surface area contributed by atoms with Crippen LogP contribution in [0, 0.1) is 0 Å². The van der Waals surface area contributed by atoms with Crippen LogP contribution in [0.25, 0.3) is 0 Å². The van der Waals surface area contributed by atoms with E-state index in [1.807, 2.05) is 0 Å². The zero-order chi connectivity index (χ0) is 21.9. The summed E-state index contributed by atoms with van der Waals surface area (Å²) in [4.78, 5) is 37.4. The Labute approximate surface area is 176 Å². The maximum atomic E-state index is 12.2. The molecule has 2 heterocycles. The molecule has 0 aliphatic carbocycles. The summed E-state index contributed by atoms with van der Waals surface area (Å²) < 4.78 is 11.9. The van der Waals surface area contributed by atoms with Gasteiger partial charge in [-0.05, 0) is 6.42 Å². The first kappa shape index (κ1) is 24.3. The second-order valence-electron chi connectivity index (χ2n) is 7.79. The fraction of sp³-hybridized carbons (Fsp3) is 0.762. The first-order valence-electron chi connectivity index (χ1n) is 10.9. The third-order valence-corrected chi connectivity index (χ3v) is 5.37. The SMILES string of the molecule is CCCCCCCCCCCC(=O)O[C@H]1[C@@H](O)[C@H](n2ccc(=O)[nH]c2=O)O[C@@H]1CO. The smallest absolute Gasteiger partial charge is 0.330 e. The van der Waals surface area contributed by atoms with Gasteiger partial charge in [0.25, 0.3) is 5.56 Å². The van der Waals surface area contributed by atoms with Gasteiger partial charge in [-0.2, -0.15) is 0 Å². The minimum Gasteiger partial charge on any atom is -0.457 e. The summed E-state index contributed by atoms with van der Waals surface area (Å²) in [5, 5.41) is 20.0. The topological polar surface area (TPSA) is 131 Å². The van der Waals surface area contributed by atoms with Gasteiger partial charge >= 0.3 is 11.7 Å². The van der Waals surface area contributed by atoms with Crippen LogP contribution in [0.15, 0.2) is 21.9 Å². The van der Waals surface area contributed by atoms with E-state index in [4.69, 9.17) is 9.47 Å². The summed E-state index contributed by atoms with van der Waals surface area (Å²) in [5.74, 6) is -0.474. The lowest BCUT2D eigenvalue weighted by Gasteiger charge is -2.20. The monoisotopic (exact) mass is 426 g/mol. The molecule has 170 valence electrons. The van der Waals surface area contributed by atoms with E-state index >= 15 is 0 Å². The van der Waals surface area contributed by atoms with Gasteiger partial charge in [0.05, 0.1) is 6.61 Å². The number of aliphatic hydroxyl groups excluding tert-OH is 2. The minimum absolute atomic E-state index is 0.223. The molecule has 1 aliphatic rings. The summed E-state index contributed by atoms with van der Waals surface area (Å²) in [7, 11) is 0. The van der Waals surface area contributed by atoms with Gasteiger partial charge < -0.3 is 19.7 Å². The number of H-pyrrole nitrogens is 1. The van der Waals surface area contributed by atoms with Crippen LogP contribution in [0.3, 0.4) is 0 Å². The molecule has 0 amide bonds. The summed E-state index contributed by atoms with van der Waals surface area (Å²) >= 11 is 0. The molecule has 0 aromatic carbocycles. The molecule has 1 aromatic heterocycles. The molecule has 0 radical (unpaired) electrons. The number of carbonyl (C=O) groups is 1. The lowest BCUT2D eigenvalue weighted by Crippen LogP contribution is -2.40. The van der Waals surface area contributed by atoms with Gasteiger partial charge in [-0.1, -0.05) is 58.3 Å². The van der Waals surface area contributed by atoms with Crippen molar-refractivity contribution in [2.45, 2.75) is 95.7 Å². The van der Waals surface area contributed by atoms with Crippen LogP contribution < -0.4 is 11.2 Å². The van der Waals surface area contributed by atoms with Crippen molar-refractivity contribution in [2.75, 3.05) is 6.61 Å². The molecule has 9 nitrogen and oxygen atoms in total. The fourth-order valence-corrected chi connectivity index (χ4v) is 3.66. The zero-order valence-electron chi connectivity index (χ0n) is 17.6. The van der Waals surface area contributed by atoms with Crippen molar-refractivity contribution in [3.63, 3.8) is 0 Å². The first-order chi connectivity index (χ1) is 14.5. The van der Waals surface area contributed by atoms with Gasteiger partial charge in [0, 0.05) is 18.7 Å². The number of ether oxygens (including phenoxy) is 2. The second-order valence-corrected chi connectivity index (χ2v) is 7.79. The third-order valence-electron chi connectivity index (χ3n) is 5.37. The molecule has 0 bridgehead atoms. The second kappa shape index (κ2) is 12.7. The Kier molecular flexibility index (Phi) is 10.3. The number of aliphatic hydroxyl groups is 2. The Morgan fingerprint density at radius 3 is 2.37 bits per heavy atom. The lowest BCUT2D eigenvalue weighted by atomic mass is 10.1. The molecule has 4 atom stereocenters. The van der Waals surface area contributed by atoms with Crippen LogP contribution in [0.2, 0.25) is 0 Å². The Bertz CT molecular complexity index is 760. The molecule has 1 aliphatic heterocycles. The van der Waals surface area contributed by atoms with E-state index in [9.17, 15) is 24.6 Å². The number of aromatic amines is 1. The lowest BCUT2D eigenvalue weighted by molar-refractivity contribution is -0.156. The molecular formula is C21H34N2O7. The van der Waals surface area contributed by atoms with Crippen LogP contribution in [-0.2, 0) is 14.3 Å². The first-order valence-corrected chi connectivity index (χ1v) is 10.9. The van der Waals surface area contributed by atoms with Gasteiger partial charge in [-0.15, -0.1) is 0 Å². The average Bonchev–Trinajstić information content (AvgIpc) is 3.02. The molecule has 30 heavy (non-hydrogen) atoms. The van der Waals surface area contributed by atoms with E-state index in [1.54, 1.807) is 0 Å². The van der Waals surface area contributed by atoms with E-state index in [0.29, 0.717) is 6.42 Å². The quantitative estimate of drug-likeness (QED) is 0.323. The number of aromatic nitrogens is 2. The number of rotatable bonds is 13. The third kappa shape index (κ3) is 7.07. The number of nitrogens with zero attached hydrogens (tertiary/aromatic N) is 1. The molecular weight excluding hydrogens is 392 g/mol. The standard InChI is InChI=1S/C21H34N2O7/c1-2-3-4-5-6-7-8-9-10-11-17(26)30-19-15(14-24)29-20(18(19)27)23-13-12-16(25)22-21(23)28/h12-13,15,18-20,24,27H,2-11,14H2,1H3,(H,22,25,28)/t15-,18-,19-,20-/m1/s1. The number of esters is 1. The van der Waals surface area contributed by atoms with E-state index in [-0.39, 0.29) is 6.42 Å². The zero-order valence-corrected chi connectivity index (χ0v) is 17.6. The van der Waals surface area contributed by atoms with Gasteiger partial charge in [0.1, 0.15) is 12.2 Å². The van der Waals surface area contributed by atoms with Crippen LogP contribution in [-0.4, -0.2) is 50.7 Å². The summed E-state index contributed by atoms with van der Waals surface area (Å²) in [6.45, 7) is 1.71. The van der Waals surface area contributed by atoms with Crippen molar-refractivity contribution in [1.82, 2.24) is 9.55 Å². The maximum absolute atomic E-state index is 12.2. The Hall–Kier alpha value is -1.97.